The van der Waals surface area contributed by atoms with Crippen molar-refractivity contribution >= 4 is 11.9 Å². The fourth-order valence-electron chi connectivity index (χ4n) is 2.81. The molecule has 6 nitrogen and oxygen atoms in total. The summed E-state index contributed by atoms with van der Waals surface area (Å²) in [6.45, 7) is 3.42. The summed E-state index contributed by atoms with van der Waals surface area (Å²) in [6.07, 6.45) is -0.203. The van der Waals surface area contributed by atoms with Crippen LogP contribution < -0.4 is 0 Å². The van der Waals surface area contributed by atoms with Crippen LogP contribution >= 0.6 is 0 Å². The van der Waals surface area contributed by atoms with Crippen molar-refractivity contribution in [3.63, 3.8) is 0 Å². The molecule has 1 amide bonds. The van der Waals surface area contributed by atoms with Gasteiger partial charge in [0.25, 0.3) is 5.91 Å². The Labute approximate surface area is 138 Å². The lowest BCUT2D eigenvalue weighted by Crippen LogP contribution is -2.39. The van der Waals surface area contributed by atoms with Crippen molar-refractivity contribution in [2.45, 2.75) is 25.9 Å². The number of hydrogen-bond donors (Lipinski definition) is 1. The topological polar surface area (TPSA) is 75.4 Å². The highest BCUT2D eigenvalue weighted by molar-refractivity contribution is 5.93. The molecule has 2 heterocycles. The molecule has 1 aromatic heterocycles. The van der Waals surface area contributed by atoms with Gasteiger partial charge in [-0.15, -0.1) is 0 Å². The van der Waals surface area contributed by atoms with Crippen molar-refractivity contribution in [2.24, 2.45) is 0 Å². The number of benzene rings is 1. The fraction of sp³-hybridized carbons (Fsp3) is 0.353. The highest BCUT2D eigenvalue weighted by Gasteiger charge is 2.47. The summed E-state index contributed by atoms with van der Waals surface area (Å²) in [7, 11) is 0. The Morgan fingerprint density at radius 1 is 1.25 bits per heavy atom. The number of carboxylic acids is 1. The van der Waals surface area contributed by atoms with Gasteiger partial charge in [-0.05, 0) is 32.0 Å². The molecule has 1 saturated heterocycles. The molecule has 1 aliphatic rings. The largest absolute Gasteiger partial charge is 0.479 e. The van der Waals surface area contributed by atoms with Gasteiger partial charge in [-0.2, -0.15) is 5.10 Å². The summed E-state index contributed by atoms with van der Waals surface area (Å²) in [5, 5.41) is 13.2. The third-order valence-electron chi connectivity index (χ3n) is 4.28. The molecule has 1 aromatic carbocycles. The number of aryl methyl sites for hydroxylation is 2. The van der Waals surface area contributed by atoms with Crippen LogP contribution in [0.15, 0.2) is 30.3 Å². The third kappa shape index (κ3) is 2.77. The second-order valence-electron chi connectivity index (χ2n) is 6.17. The van der Waals surface area contributed by atoms with Gasteiger partial charge in [0.15, 0.2) is 5.69 Å². The molecule has 1 N–H and O–H groups in total. The van der Waals surface area contributed by atoms with Crippen LogP contribution in [0, 0.1) is 13.8 Å². The number of carbonyl (C=O) groups is 2. The van der Waals surface area contributed by atoms with E-state index in [0.717, 1.165) is 16.9 Å². The lowest BCUT2D eigenvalue weighted by atomic mass is 10.1. The maximum Gasteiger partial charge on any atom is 0.343 e. The molecule has 0 aliphatic carbocycles. The number of likely N-dealkylation sites (tertiary alicyclic amines) is 1. The zero-order valence-electron chi connectivity index (χ0n) is 13.5. The normalized spacial score (nSPS) is 20.4. The van der Waals surface area contributed by atoms with Gasteiger partial charge in [0.2, 0.25) is 5.67 Å². The molecule has 1 aliphatic heterocycles. The van der Waals surface area contributed by atoms with Crippen molar-refractivity contribution in [3.05, 3.63) is 47.3 Å². The quantitative estimate of drug-likeness (QED) is 0.935. The number of hydrogen-bond acceptors (Lipinski definition) is 3. The first kappa shape index (κ1) is 16.2. The van der Waals surface area contributed by atoms with E-state index in [2.05, 4.69) is 5.10 Å². The smallest absolute Gasteiger partial charge is 0.343 e. The number of aromatic nitrogens is 2. The number of carbonyl (C=O) groups excluding carboxylic acids is 1. The average molecular weight is 331 g/mol. The first-order chi connectivity index (χ1) is 11.3. The van der Waals surface area contributed by atoms with Crippen LogP contribution in [0.4, 0.5) is 4.39 Å². The second kappa shape index (κ2) is 5.74. The minimum atomic E-state index is -2.37. The summed E-state index contributed by atoms with van der Waals surface area (Å²) in [5.74, 6) is -1.98. The van der Waals surface area contributed by atoms with E-state index in [4.69, 9.17) is 5.11 Å². The highest BCUT2D eigenvalue weighted by atomic mass is 19.1. The zero-order valence-corrected chi connectivity index (χ0v) is 13.5. The van der Waals surface area contributed by atoms with Crippen LogP contribution in [0.25, 0.3) is 5.69 Å². The van der Waals surface area contributed by atoms with Crippen LogP contribution in [0.1, 0.15) is 28.2 Å². The first-order valence-electron chi connectivity index (χ1n) is 7.65. The van der Waals surface area contributed by atoms with Gasteiger partial charge in [-0.3, -0.25) is 4.79 Å². The Bertz CT molecular complexity index is 800. The summed E-state index contributed by atoms with van der Waals surface area (Å²) in [5.41, 5.74) is 0.521. The van der Waals surface area contributed by atoms with E-state index in [0.29, 0.717) is 0 Å². The van der Waals surface area contributed by atoms with E-state index in [-0.39, 0.29) is 18.7 Å². The molecule has 0 spiro atoms. The van der Waals surface area contributed by atoms with Gasteiger partial charge in [-0.1, -0.05) is 17.7 Å². The molecule has 126 valence electrons. The molecule has 1 unspecified atom stereocenters. The second-order valence-corrected chi connectivity index (χ2v) is 6.17. The molecule has 7 heteroatoms. The van der Waals surface area contributed by atoms with Crippen LogP contribution in [-0.4, -0.2) is 50.4 Å². The molecule has 0 radical (unpaired) electrons. The van der Waals surface area contributed by atoms with Gasteiger partial charge in [0.1, 0.15) is 0 Å². The number of amides is 1. The maximum atomic E-state index is 14.1. The molecule has 3 rings (SSSR count). The molecule has 2 aromatic rings. The Hall–Kier alpha value is -2.70. The predicted octanol–water partition coefficient (Wildman–Crippen LogP) is 2.13. The number of rotatable bonds is 3. The minimum Gasteiger partial charge on any atom is -0.479 e. The summed E-state index contributed by atoms with van der Waals surface area (Å²) in [4.78, 5) is 24.7. The van der Waals surface area contributed by atoms with Gasteiger partial charge >= 0.3 is 5.97 Å². The van der Waals surface area contributed by atoms with E-state index in [1.807, 2.05) is 38.1 Å². The van der Waals surface area contributed by atoms with Crippen LogP contribution in [0.3, 0.4) is 0 Å². The molecule has 0 saturated carbocycles. The van der Waals surface area contributed by atoms with Crippen LogP contribution in [0.2, 0.25) is 0 Å². The third-order valence-corrected chi connectivity index (χ3v) is 4.28. The van der Waals surface area contributed by atoms with Gasteiger partial charge < -0.3 is 10.0 Å². The Balaban J connectivity index is 1.84. The van der Waals surface area contributed by atoms with Crippen molar-refractivity contribution in [1.82, 2.24) is 14.7 Å². The Kier molecular flexibility index (Phi) is 3.87. The van der Waals surface area contributed by atoms with Crippen LogP contribution in [0.5, 0.6) is 0 Å². The summed E-state index contributed by atoms with van der Waals surface area (Å²) in [6, 6.07) is 9.32. The number of alkyl halides is 1. The van der Waals surface area contributed by atoms with E-state index in [1.54, 1.807) is 10.7 Å². The number of halogens is 1. The maximum absolute atomic E-state index is 14.1. The van der Waals surface area contributed by atoms with E-state index < -0.39 is 24.1 Å². The zero-order chi connectivity index (χ0) is 17.5. The Morgan fingerprint density at radius 3 is 2.50 bits per heavy atom. The number of nitrogens with zero attached hydrogens (tertiary/aromatic N) is 3. The van der Waals surface area contributed by atoms with Crippen LogP contribution in [-0.2, 0) is 4.79 Å². The monoisotopic (exact) mass is 331 g/mol. The van der Waals surface area contributed by atoms with Gasteiger partial charge in [-0.25, -0.2) is 13.9 Å². The molecular formula is C17H18FN3O3. The van der Waals surface area contributed by atoms with Crippen molar-refractivity contribution < 1.29 is 19.1 Å². The number of aliphatic carboxylic acids is 1. The summed E-state index contributed by atoms with van der Waals surface area (Å²) >= 11 is 0. The fourth-order valence-corrected chi connectivity index (χ4v) is 2.81. The lowest BCUT2D eigenvalue weighted by molar-refractivity contribution is -0.149. The SMILES string of the molecule is Cc1ccc(-n2nc(C(=O)N3CCC(F)(C(=O)O)C3)cc2C)cc1. The molecule has 24 heavy (non-hydrogen) atoms. The molecule has 1 atom stereocenters. The van der Waals surface area contributed by atoms with Crippen molar-refractivity contribution in [2.75, 3.05) is 13.1 Å². The van der Waals surface area contributed by atoms with E-state index in [9.17, 15) is 14.0 Å². The molecular weight excluding hydrogens is 313 g/mol. The van der Waals surface area contributed by atoms with E-state index in [1.165, 1.54) is 4.90 Å². The van der Waals surface area contributed by atoms with Crippen molar-refractivity contribution in [3.8, 4) is 5.69 Å². The first-order valence-corrected chi connectivity index (χ1v) is 7.65. The summed E-state index contributed by atoms with van der Waals surface area (Å²) < 4.78 is 15.8. The average Bonchev–Trinajstić information content (AvgIpc) is 3.12. The minimum absolute atomic E-state index is 0.0675. The van der Waals surface area contributed by atoms with Crippen molar-refractivity contribution in [1.29, 1.82) is 0 Å². The molecule has 0 bridgehead atoms. The number of carboxylic acid groups (broad SMARTS) is 1. The Morgan fingerprint density at radius 2 is 1.92 bits per heavy atom. The van der Waals surface area contributed by atoms with Gasteiger partial charge in [0.05, 0.1) is 12.2 Å². The standard InChI is InChI=1S/C17H18FN3O3/c1-11-3-5-13(6-4-11)21-12(2)9-14(19-21)15(22)20-8-7-17(18,10-20)16(23)24/h3-6,9H,7-8,10H2,1-2H3,(H,23,24). The molecule has 1 fully saturated rings. The van der Waals surface area contributed by atoms with Gasteiger partial charge in [0, 0.05) is 18.7 Å². The van der Waals surface area contributed by atoms with E-state index >= 15 is 0 Å². The lowest BCUT2D eigenvalue weighted by Gasteiger charge is -2.16. The predicted molar refractivity (Wildman–Crippen MR) is 85.0 cm³/mol. The highest BCUT2D eigenvalue weighted by Crippen LogP contribution is 2.27.